The Morgan fingerprint density at radius 2 is 1.70 bits per heavy atom. The van der Waals surface area contributed by atoms with Crippen LogP contribution in [-0.2, 0) is 20.9 Å². The Hall–Kier alpha value is -3.39. The summed E-state index contributed by atoms with van der Waals surface area (Å²) in [7, 11) is 1.59. The quantitative estimate of drug-likeness (QED) is 0.692. The van der Waals surface area contributed by atoms with Gasteiger partial charge in [0.05, 0.1) is 19.6 Å². The van der Waals surface area contributed by atoms with Crippen LogP contribution in [0.1, 0.15) is 12.0 Å². The smallest absolute Gasteiger partial charge is 0.242 e. The highest BCUT2D eigenvalue weighted by Gasteiger charge is 2.35. The van der Waals surface area contributed by atoms with Crippen LogP contribution in [0.4, 0.5) is 5.69 Å². The Kier molecular flexibility index (Phi) is 7.24. The molecule has 0 radical (unpaired) electrons. The minimum absolute atomic E-state index is 0.0370. The second kappa shape index (κ2) is 10.5. The molecule has 2 aromatic rings. The van der Waals surface area contributed by atoms with Gasteiger partial charge in [-0.25, -0.2) is 0 Å². The van der Waals surface area contributed by atoms with Crippen LogP contribution < -0.4 is 15.0 Å². The lowest BCUT2D eigenvalue weighted by Gasteiger charge is -2.34. The van der Waals surface area contributed by atoms with E-state index in [1.54, 1.807) is 41.2 Å². The number of piperazine rings is 1. The van der Waals surface area contributed by atoms with E-state index >= 15 is 0 Å². The SMILES string of the molecule is COc1ccc(N2C[C@@H](C(=O)NCC(=O)N3CCN(Cc4ccccc4)CC3)CC2=O)cc1. The van der Waals surface area contributed by atoms with Crippen LogP contribution >= 0.6 is 0 Å². The van der Waals surface area contributed by atoms with Crippen molar-refractivity contribution in [2.45, 2.75) is 13.0 Å². The molecule has 1 atom stereocenters. The molecule has 0 spiro atoms. The van der Waals surface area contributed by atoms with Gasteiger partial charge >= 0.3 is 0 Å². The Morgan fingerprint density at radius 3 is 2.36 bits per heavy atom. The summed E-state index contributed by atoms with van der Waals surface area (Å²) in [4.78, 5) is 43.4. The maximum absolute atomic E-state index is 12.6. The first-order valence-electron chi connectivity index (χ1n) is 11.3. The number of rotatable bonds is 7. The van der Waals surface area contributed by atoms with Crippen LogP contribution in [0.2, 0.25) is 0 Å². The molecular formula is C25H30N4O4. The molecule has 0 aromatic heterocycles. The van der Waals surface area contributed by atoms with Crippen molar-refractivity contribution in [1.29, 1.82) is 0 Å². The van der Waals surface area contributed by atoms with Gasteiger partial charge in [-0.3, -0.25) is 19.3 Å². The molecule has 2 heterocycles. The van der Waals surface area contributed by atoms with Crippen molar-refractivity contribution >= 4 is 23.4 Å². The zero-order valence-corrected chi connectivity index (χ0v) is 18.9. The van der Waals surface area contributed by atoms with Crippen molar-refractivity contribution in [3.05, 3.63) is 60.2 Å². The van der Waals surface area contributed by atoms with Crippen LogP contribution in [0, 0.1) is 5.92 Å². The van der Waals surface area contributed by atoms with Gasteiger partial charge in [0, 0.05) is 51.4 Å². The van der Waals surface area contributed by atoms with Gasteiger partial charge < -0.3 is 19.9 Å². The average molecular weight is 451 g/mol. The summed E-state index contributed by atoms with van der Waals surface area (Å²) in [6.07, 6.45) is 0.143. The van der Waals surface area contributed by atoms with Crippen molar-refractivity contribution < 1.29 is 19.1 Å². The van der Waals surface area contributed by atoms with Gasteiger partial charge in [0.2, 0.25) is 17.7 Å². The number of carbonyl (C=O) groups is 3. The fourth-order valence-electron chi connectivity index (χ4n) is 4.31. The van der Waals surface area contributed by atoms with E-state index in [9.17, 15) is 14.4 Å². The monoisotopic (exact) mass is 450 g/mol. The third-order valence-electron chi connectivity index (χ3n) is 6.27. The molecule has 2 aliphatic heterocycles. The number of anilines is 1. The fourth-order valence-corrected chi connectivity index (χ4v) is 4.31. The lowest BCUT2D eigenvalue weighted by Crippen LogP contribution is -2.51. The normalized spacial score (nSPS) is 18.9. The molecule has 2 aromatic carbocycles. The predicted octanol–water partition coefficient (Wildman–Crippen LogP) is 1.51. The van der Waals surface area contributed by atoms with Crippen LogP contribution in [0.15, 0.2) is 54.6 Å². The number of hydrogen-bond donors (Lipinski definition) is 1. The van der Waals surface area contributed by atoms with Crippen molar-refractivity contribution in [3.8, 4) is 5.75 Å². The van der Waals surface area contributed by atoms with Gasteiger partial charge in [0.15, 0.2) is 0 Å². The van der Waals surface area contributed by atoms with Crippen LogP contribution in [0.25, 0.3) is 0 Å². The number of carbonyl (C=O) groups excluding carboxylic acids is 3. The third kappa shape index (κ3) is 5.70. The van der Waals surface area contributed by atoms with Crippen molar-refractivity contribution in [2.24, 2.45) is 5.92 Å². The number of nitrogens with one attached hydrogen (secondary N) is 1. The first-order valence-corrected chi connectivity index (χ1v) is 11.3. The number of hydrogen-bond acceptors (Lipinski definition) is 5. The average Bonchev–Trinajstić information content (AvgIpc) is 3.25. The summed E-state index contributed by atoms with van der Waals surface area (Å²) in [6.45, 7) is 4.06. The van der Waals surface area contributed by atoms with E-state index in [-0.39, 0.29) is 30.7 Å². The highest BCUT2D eigenvalue weighted by molar-refractivity contribution is 6.00. The van der Waals surface area contributed by atoms with E-state index in [4.69, 9.17) is 4.74 Å². The summed E-state index contributed by atoms with van der Waals surface area (Å²) >= 11 is 0. The summed E-state index contributed by atoms with van der Waals surface area (Å²) in [5.74, 6) is -0.190. The minimum atomic E-state index is -0.463. The van der Waals surface area contributed by atoms with Crippen LogP contribution in [0.5, 0.6) is 5.75 Å². The van der Waals surface area contributed by atoms with Gasteiger partial charge in [0.1, 0.15) is 5.75 Å². The Labute approximate surface area is 194 Å². The second-order valence-corrected chi connectivity index (χ2v) is 8.46. The molecule has 8 nitrogen and oxygen atoms in total. The lowest BCUT2D eigenvalue weighted by molar-refractivity contribution is -0.135. The van der Waals surface area contributed by atoms with E-state index in [1.807, 2.05) is 18.2 Å². The number of ether oxygens (including phenoxy) is 1. The molecule has 0 unspecified atom stereocenters. The van der Waals surface area contributed by atoms with Crippen molar-refractivity contribution in [1.82, 2.24) is 15.1 Å². The summed E-state index contributed by atoms with van der Waals surface area (Å²) < 4.78 is 5.15. The van der Waals surface area contributed by atoms with Gasteiger partial charge in [-0.15, -0.1) is 0 Å². The standard InChI is InChI=1S/C25H30N4O4/c1-33-22-9-7-21(8-10-22)29-18-20(15-23(29)30)25(32)26-16-24(31)28-13-11-27(12-14-28)17-19-5-3-2-4-6-19/h2-10,20H,11-18H2,1H3,(H,26,32)/t20-/m0/s1. The number of nitrogens with zero attached hydrogens (tertiary/aromatic N) is 3. The summed E-state index contributed by atoms with van der Waals surface area (Å²) in [6, 6.07) is 17.5. The van der Waals surface area contributed by atoms with Crippen molar-refractivity contribution in [2.75, 3.05) is 51.3 Å². The lowest BCUT2D eigenvalue weighted by atomic mass is 10.1. The Morgan fingerprint density at radius 1 is 1.00 bits per heavy atom. The van der Waals surface area contributed by atoms with E-state index < -0.39 is 5.92 Å². The minimum Gasteiger partial charge on any atom is -0.497 e. The molecule has 174 valence electrons. The Balaban J connectivity index is 1.21. The number of benzene rings is 2. The highest BCUT2D eigenvalue weighted by atomic mass is 16.5. The molecule has 4 rings (SSSR count). The molecule has 33 heavy (non-hydrogen) atoms. The number of methoxy groups -OCH3 is 1. The van der Waals surface area contributed by atoms with E-state index in [2.05, 4.69) is 22.3 Å². The van der Waals surface area contributed by atoms with Gasteiger partial charge in [0.25, 0.3) is 0 Å². The maximum Gasteiger partial charge on any atom is 0.242 e. The Bertz CT molecular complexity index is 972. The summed E-state index contributed by atoms with van der Waals surface area (Å²) in [5.41, 5.74) is 2.00. The molecule has 2 aliphatic rings. The van der Waals surface area contributed by atoms with E-state index in [0.717, 1.165) is 25.3 Å². The first-order chi connectivity index (χ1) is 16.0. The van der Waals surface area contributed by atoms with Crippen LogP contribution in [0.3, 0.4) is 0 Å². The van der Waals surface area contributed by atoms with Crippen molar-refractivity contribution in [3.63, 3.8) is 0 Å². The third-order valence-corrected chi connectivity index (χ3v) is 6.27. The largest absolute Gasteiger partial charge is 0.497 e. The molecule has 0 bridgehead atoms. The second-order valence-electron chi connectivity index (χ2n) is 8.46. The topological polar surface area (TPSA) is 82.2 Å². The maximum atomic E-state index is 12.6. The number of amides is 3. The van der Waals surface area contributed by atoms with Gasteiger partial charge in [-0.05, 0) is 29.8 Å². The molecule has 8 heteroatoms. The first kappa shape index (κ1) is 22.8. The zero-order valence-electron chi connectivity index (χ0n) is 18.9. The van der Waals surface area contributed by atoms with Gasteiger partial charge in [-0.2, -0.15) is 0 Å². The molecule has 0 aliphatic carbocycles. The highest BCUT2D eigenvalue weighted by Crippen LogP contribution is 2.26. The van der Waals surface area contributed by atoms with Gasteiger partial charge in [-0.1, -0.05) is 30.3 Å². The molecule has 0 saturated carbocycles. The molecule has 3 amide bonds. The zero-order chi connectivity index (χ0) is 23.2. The van der Waals surface area contributed by atoms with E-state index in [0.29, 0.717) is 25.4 Å². The fraction of sp³-hybridized carbons (Fsp3) is 0.400. The van der Waals surface area contributed by atoms with Crippen LogP contribution in [-0.4, -0.2) is 73.9 Å². The summed E-state index contributed by atoms with van der Waals surface area (Å²) in [5, 5.41) is 2.74. The molecule has 2 saturated heterocycles. The predicted molar refractivity (Wildman–Crippen MR) is 125 cm³/mol. The molecule has 2 fully saturated rings. The molecule has 1 N–H and O–H groups in total. The molecular weight excluding hydrogens is 420 g/mol. The van der Waals surface area contributed by atoms with E-state index in [1.165, 1.54) is 5.56 Å².